The molecule has 0 amide bonds. The minimum atomic E-state index is -0.0496. The first-order valence-corrected chi connectivity index (χ1v) is 5.86. The number of anilines is 1. The molecule has 0 aliphatic rings. The molecule has 3 heteroatoms. The van der Waals surface area contributed by atoms with Crippen molar-refractivity contribution >= 4 is 17.3 Å². The van der Waals surface area contributed by atoms with Gasteiger partial charge in [-0.15, -0.1) is 6.58 Å². The van der Waals surface area contributed by atoms with Crippen LogP contribution < -0.4 is 4.90 Å². The van der Waals surface area contributed by atoms with Gasteiger partial charge >= 0.3 is 0 Å². The largest absolute Gasteiger partial charge is 0.362 e. The molecule has 0 unspecified atom stereocenters. The van der Waals surface area contributed by atoms with Gasteiger partial charge in [0, 0.05) is 12.1 Å². The summed E-state index contributed by atoms with van der Waals surface area (Å²) in [5.74, 6) is 0. The van der Waals surface area contributed by atoms with Crippen LogP contribution in [0.25, 0.3) is 0 Å². The summed E-state index contributed by atoms with van der Waals surface area (Å²) in [6.07, 6.45) is 1.85. The predicted molar refractivity (Wildman–Crippen MR) is 73.5 cm³/mol. The zero-order chi connectivity index (χ0) is 13.1. The summed E-state index contributed by atoms with van der Waals surface area (Å²) >= 11 is 6.22. The smallest absolute Gasteiger partial charge is 0.0992 e. The third kappa shape index (κ3) is 3.25. The van der Waals surface area contributed by atoms with Crippen molar-refractivity contribution < 1.29 is 0 Å². The van der Waals surface area contributed by atoms with Crippen LogP contribution in [0.3, 0.4) is 0 Å². The molecule has 0 aliphatic carbocycles. The van der Waals surface area contributed by atoms with E-state index < -0.39 is 0 Å². The molecule has 2 nitrogen and oxygen atoms in total. The first-order valence-electron chi connectivity index (χ1n) is 5.48. The second kappa shape index (κ2) is 5.25. The summed E-state index contributed by atoms with van der Waals surface area (Å²) in [5, 5.41) is 9.41. The Balaban J connectivity index is 3.20. The Labute approximate surface area is 108 Å². The van der Waals surface area contributed by atoms with E-state index in [1.54, 1.807) is 12.1 Å². The highest BCUT2D eigenvalue weighted by atomic mass is 35.5. The van der Waals surface area contributed by atoms with Crippen LogP contribution in [0.1, 0.15) is 26.3 Å². The fourth-order valence-corrected chi connectivity index (χ4v) is 1.94. The summed E-state index contributed by atoms with van der Waals surface area (Å²) in [6, 6.07) is 7.44. The molecule has 90 valence electrons. The molecule has 0 fully saturated rings. The molecular weight excluding hydrogens is 232 g/mol. The lowest BCUT2D eigenvalue weighted by Crippen LogP contribution is -2.41. The van der Waals surface area contributed by atoms with Crippen LogP contribution in [0, 0.1) is 11.3 Å². The standard InChI is InChI=1S/C14H17ClN2/c1-5-8-17(14(2,3)4)13-7-6-11(10-16)9-12(13)15/h5-7,9H,1,8H2,2-4H3. The lowest BCUT2D eigenvalue weighted by Gasteiger charge is -2.37. The fourth-order valence-electron chi connectivity index (χ4n) is 1.66. The van der Waals surface area contributed by atoms with E-state index >= 15 is 0 Å². The molecular formula is C14H17ClN2. The maximum Gasteiger partial charge on any atom is 0.0992 e. The molecule has 0 bridgehead atoms. The molecule has 0 N–H and O–H groups in total. The molecule has 0 heterocycles. The van der Waals surface area contributed by atoms with E-state index in [0.29, 0.717) is 10.6 Å². The van der Waals surface area contributed by atoms with Gasteiger partial charge in [0.25, 0.3) is 0 Å². The van der Waals surface area contributed by atoms with Gasteiger partial charge in [0.2, 0.25) is 0 Å². The van der Waals surface area contributed by atoms with Crippen molar-refractivity contribution in [2.24, 2.45) is 0 Å². The highest BCUT2D eigenvalue weighted by Crippen LogP contribution is 2.31. The summed E-state index contributed by atoms with van der Waals surface area (Å²) in [6.45, 7) is 10.8. The number of rotatable bonds is 3. The molecule has 1 rings (SSSR count). The minimum absolute atomic E-state index is 0.0496. The first kappa shape index (κ1) is 13.6. The summed E-state index contributed by atoms with van der Waals surface area (Å²) in [4.78, 5) is 2.16. The molecule has 0 spiro atoms. The monoisotopic (exact) mass is 248 g/mol. The van der Waals surface area contributed by atoms with Gasteiger partial charge in [-0.1, -0.05) is 17.7 Å². The van der Waals surface area contributed by atoms with Gasteiger partial charge in [0.05, 0.1) is 22.3 Å². The quantitative estimate of drug-likeness (QED) is 0.756. The molecule has 0 radical (unpaired) electrons. The number of nitriles is 1. The second-order valence-electron chi connectivity index (χ2n) is 4.85. The second-order valence-corrected chi connectivity index (χ2v) is 5.26. The van der Waals surface area contributed by atoms with Crippen molar-refractivity contribution in [3.63, 3.8) is 0 Å². The van der Waals surface area contributed by atoms with Gasteiger partial charge in [0.1, 0.15) is 0 Å². The van der Waals surface area contributed by atoms with Crippen molar-refractivity contribution in [1.82, 2.24) is 0 Å². The van der Waals surface area contributed by atoms with E-state index in [1.165, 1.54) is 0 Å². The van der Waals surface area contributed by atoms with Gasteiger partial charge in [0.15, 0.2) is 0 Å². The Morgan fingerprint density at radius 1 is 1.47 bits per heavy atom. The average molecular weight is 249 g/mol. The molecule has 0 aliphatic heterocycles. The van der Waals surface area contributed by atoms with Gasteiger partial charge < -0.3 is 4.90 Å². The highest BCUT2D eigenvalue weighted by molar-refractivity contribution is 6.33. The third-order valence-electron chi connectivity index (χ3n) is 2.49. The van der Waals surface area contributed by atoms with Crippen LogP contribution in [0.4, 0.5) is 5.69 Å². The van der Waals surface area contributed by atoms with Crippen molar-refractivity contribution in [3.05, 3.63) is 41.4 Å². The first-order chi connectivity index (χ1) is 7.90. The highest BCUT2D eigenvalue weighted by Gasteiger charge is 2.22. The van der Waals surface area contributed by atoms with Crippen LogP contribution in [0.15, 0.2) is 30.9 Å². The predicted octanol–water partition coefficient (Wildman–Crippen LogP) is 4.00. The van der Waals surface area contributed by atoms with E-state index in [4.69, 9.17) is 16.9 Å². The summed E-state index contributed by atoms with van der Waals surface area (Å²) in [5.41, 5.74) is 1.45. The van der Waals surface area contributed by atoms with Gasteiger partial charge in [-0.3, -0.25) is 0 Å². The molecule has 0 aromatic heterocycles. The normalized spacial score (nSPS) is 10.8. The number of hydrogen-bond acceptors (Lipinski definition) is 2. The number of nitrogens with zero attached hydrogens (tertiary/aromatic N) is 2. The van der Waals surface area contributed by atoms with Crippen molar-refractivity contribution in [3.8, 4) is 6.07 Å². The van der Waals surface area contributed by atoms with E-state index in [2.05, 4.69) is 38.3 Å². The molecule has 1 aromatic carbocycles. The Hall–Kier alpha value is -1.46. The number of benzene rings is 1. The lowest BCUT2D eigenvalue weighted by atomic mass is 10.0. The zero-order valence-corrected chi connectivity index (χ0v) is 11.3. The SMILES string of the molecule is C=CCN(c1ccc(C#N)cc1Cl)C(C)(C)C. The molecule has 17 heavy (non-hydrogen) atoms. The Morgan fingerprint density at radius 3 is 2.53 bits per heavy atom. The van der Waals surface area contributed by atoms with Crippen molar-refractivity contribution in [2.75, 3.05) is 11.4 Å². The van der Waals surface area contributed by atoms with Crippen molar-refractivity contribution in [1.29, 1.82) is 5.26 Å². The lowest BCUT2D eigenvalue weighted by molar-refractivity contribution is 0.522. The maximum absolute atomic E-state index is 8.82. The zero-order valence-electron chi connectivity index (χ0n) is 10.5. The molecule has 0 saturated heterocycles. The van der Waals surface area contributed by atoms with Crippen molar-refractivity contribution in [2.45, 2.75) is 26.3 Å². The van der Waals surface area contributed by atoms with Gasteiger partial charge in [-0.05, 0) is 39.0 Å². The van der Waals surface area contributed by atoms with Gasteiger partial charge in [-0.2, -0.15) is 5.26 Å². The third-order valence-corrected chi connectivity index (χ3v) is 2.79. The van der Waals surface area contributed by atoms with Gasteiger partial charge in [-0.25, -0.2) is 0 Å². The Morgan fingerprint density at radius 2 is 2.12 bits per heavy atom. The molecule has 1 aromatic rings. The van der Waals surface area contributed by atoms with E-state index in [9.17, 15) is 0 Å². The topological polar surface area (TPSA) is 27.0 Å². The molecule has 0 saturated carbocycles. The van der Waals surface area contributed by atoms with E-state index in [-0.39, 0.29) is 5.54 Å². The minimum Gasteiger partial charge on any atom is -0.362 e. The summed E-state index contributed by atoms with van der Waals surface area (Å²) < 4.78 is 0. The number of hydrogen-bond donors (Lipinski definition) is 0. The molecule has 0 atom stereocenters. The Bertz CT molecular complexity index is 452. The van der Waals surface area contributed by atoms with Crippen LogP contribution in [-0.4, -0.2) is 12.1 Å². The summed E-state index contributed by atoms with van der Waals surface area (Å²) in [7, 11) is 0. The van der Waals surface area contributed by atoms with Crippen LogP contribution in [0.5, 0.6) is 0 Å². The van der Waals surface area contributed by atoms with E-state index in [0.717, 1.165) is 12.2 Å². The Kier molecular flexibility index (Phi) is 4.20. The number of halogens is 1. The van der Waals surface area contributed by atoms with E-state index in [1.807, 2.05) is 12.1 Å². The van der Waals surface area contributed by atoms with Crippen LogP contribution in [-0.2, 0) is 0 Å². The van der Waals surface area contributed by atoms with Crippen LogP contribution in [0.2, 0.25) is 5.02 Å². The fraction of sp³-hybridized carbons (Fsp3) is 0.357. The van der Waals surface area contributed by atoms with Crippen LogP contribution >= 0.6 is 11.6 Å². The maximum atomic E-state index is 8.82. The average Bonchev–Trinajstić information content (AvgIpc) is 2.25.